The number of carbonyl (C=O) groups excluding carboxylic acids is 1. The van der Waals surface area contributed by atoms with Gasteiger partial charge in [-0.3, -0.25) is 0 Å². The van der Waals surface area contributed by atoms with E-state index in [9.17, 15) is 15.0 Å². The summed E-state index contributed by atoms with van der Waals surface area (Å²) in [5.74, 6) is -0.119. The highest BCUT2D eigenvalue weighted by atomic mass is 16.5. The van der Waals surface area contributed by atoms with Crippen LogP contribution in [0, 0.1) is 0 Å². The smallest absolute Gasteiger partial charge is 0.334 e. The fourth-order valence-electron chi connectivity index (χ4n) is 5.54. The second kappa shape index (κ2) is 25.8. The van der Waals surface area contributed by atoms with Gasteiger partial charge in [-0.2, -0.15) is 0 Å². The van der Waals surface area contributed by atoms with E-state index in [1.54, 1.807) is 0 Å². The summed E-state index contributed by atoms with van der Waals surface area (Å²) in [5.41, 5.74) is 0.867. The number of rotatable bonds is 28. The normalized spacial score (nSPS) is 17.1. The molecule has 1 aliphatic rings. The molecular weight excluding hydrogens is 484 g/mol. The number of carbonyl (C=O) groups is 1. The van der Waals surface area contributed by atoms with Gasteiger partial charge < -0.3 is 14.9 Å². The molecule has 4 heteroatoms. The molecule has 0 saturated heterocycles. The first-order chi connectivity index (χ1) is 19.0. The number of esters is 1. The topological polar surface area (TPSA) is 66.8 Å². The summed E-state index contributed by atoms with van der Waals surface area (Å²) in [6.45, 7) is 4.19. The third-order valence-electron chi connectivity index (χ3n) is 8.15. The maximum absolute atomic E-state index is 11.6. The summed E-state index contributed by atoms with van der Waals surface area (Å²) in [6.07, 6.45) is 35.2. The molecule has 1 heterocycles. The average molecular weight is 549 g/mol. The molecule has 1 rings (SSSR count). The summed E-state index contributed by atoms with van der Waals surface area (Å²) in [5, 5.41) is 20.5. The Morgan fingerprint density at radius 3 is 1.67 bits per heavy atom. The third kappa shape index (κ3) is 21.3. The van der Waals surface area contributed by atoms with Gasteiger partial charge in [0.1, 0.15) is 6.10 Å². The van der Waals surface area contributed by atoms with Crippen LogP contribution in [-0.2, 0) is 9.53 Å². The van der Waals surface area contributed by atoms with Crippen molar-refractivity contribution in [2.75, 3.05) is 0 Å². The molecular formula is C35H64O4. The van der Waals surface area contributed by atoms with Gasteiger partial charge >= 0.3 is 5.97 Å². The summed E-state index contributed by atoms with van der Waals surface area (Å²) in [4.78, 5) is 11.6. The second-order valence-electron chi connectivity index (χ2n) is 12.0. The van der Waals surface area contributed by atoms with Gasteiger partial charge in [0, 0.05) is 5.57 Å². The quantitative estimate of drug-likeness (QED) is 0.0580. The number of hydrogen-bond donors (Lipinski definition) is 2. The first kappa shape index (κ1) is 35.9. The van der Waals surface area contributed by atoms with Gasteiger partial charge in [-0.15, -0.1) is 0 Å². The van der Waals surface area contributed by atoms with Crippen LogP contribution in [0.3, 0.4) is 0 Å². The van der Waals surface area contributed by atoms with Crippen LogP contribution < -0.4 is 0 Å². The molecule has 2 N–H and O–H groups in total. The lowest BCUT2D eigenvalue weighted by Crippen LogP contribution is -2.25. The molecule has 1 aliphatic heterocycles. The molecule has 228 valence electrons. The minimum atomic E-state index is -0.592. The van der Waals surface area contributed by atoms with E-state index in [0.717, 1.165) is 44.1 Å². The molecule has 0 aliphatic carbocycles. The van der Waals surface area contributed by atoms with Crippen molar-refractivity contribution < 1.29 is 19.7 Å². The molecule has 0 aromatic rings. The lowest BCUT2D eigenvalue weighted by Gasteiger charge is -2.17. The molecule has 4 nitrogen and oxygen atoms in total. The van der Waals surface area contributed by atoms with Gasteiger partial charge in [0.25, 0.3) is 0 Å². The van der Waals surface area contributed by atoms with Gasteiger partial charge in [0.2, 0.25) is 0 Å². The number of aliphatic hydroxyl groups is 2. The van der Waals surface area contributed by atoms with Crippen LogP contribution in [0.15, 0.2) is 23.8 Å². The van der Waals surface area contributed by atoms with Crippen LogP contribution in [0.5, 0.6) is 0 Å². The largest absolute Gasteiger partial charge is 0.455 e. The SMILES string of the molecule is CCCCCCCCCCCC/C=C\CCC(O)C(O)CCCCCCCCCCCCC1=CC(C)OC1=O. The summed E-state index contributed by atoms with van der Waals surface area (Å²) in [7, 11) is 0. The van der Waals surface area contributed by atoms with Crippen LogP contribution in [0.4, 0.5) is 0 Å². The Bertz CT molecular complexity index is 626. The molecule has 3 unspecified atom stereocenters. The van der Waals surface area contributed by atoms with Crippen molar-refractivity contribution in [2.45, 2.75) is 193 Å². The fraction of sp³-hybridized carbons (Fsp3) is 0.857. The molecule has 0 fully saturated rings. The summed E-state index contributed by atoms with van der Waals surface area (Å²) < 4.78 is 5.14. The zero-order chi connectivity index (χ0) is 28.4. The Balaban J connectivity index is 1.81. The highest BCUT2D eigenvalue weighted by Crippen LogP contribution is 2.20. The number of hydrogen-bond acceptors (Lipinski definition) is 4. The van der Waals surface area contributed by atoms with Crippen molar-refractivity contribution in [3.8, 4) is 0 Å². The molecule has 39 heavy (non-hydrogen) atoms. The lowest BCUT2D eigenvalue weighted by molar-refractivity contribution is -0.139. The van der Waals surface area contributed by atoms with E-state index in [2.05, 4.69) is 19.1 Å². The van der Waals surface area contributed by atoms with E-state index < -0.39 is 12.2 Å². The van der Waals surface area contributed by atoms with Crippen LogP contribution in [-0.4, -0.2) is 34.5 Å². The van der Waals surface area contributed by atoms with E-state index in [4.69, 9.17) is 4.74 Å². The number of ether oxygens (including phenoxy) is 1. The molecule has 0 spiro atoms. The lowest BCUT2D eigenvalue weighted by atomic mass is 10.0. The Morgan fingerprint density at radius 1 is 0.667 bits per heavy atom. The van der Waals surface area contributed by atoms with Gasteiger partial charge in [-0.1, -0.05) is 135 Å². The van der Waals surface area contributed by atoms with Crippen molar-refractivity contribution in [1.82, 2.24) is 0 Å². The minimum absolute atomic E-state index is 0.0444. The highest BCUT2D eigenvalue weighted by molar-refractivity contribution is 5.90. The van der Waals surface area contributed by atoms with Crippen LogP contribution in [0.25, 0.3) is 0 Å². The first-order valence-electron chi connectivity index (χ1n) is 17.0. The predicted molar refractivity (Wildman–Crippen MR) is 166 cm³/mol. The van der Waals surface area contributed by atoms with Crippen molar-refractivity contribution in [3.05, 3.63) is 23.8 Å². The van der Waals surface area contributed by atoms with Gasteiger partial charge in [-0.25, -0.2) is 4.79 Å². The van der Waals surface area contributed by atoms with E-state index in [1.807, 2.05) is 13.0 Å². The second-order valence-corrected chi connectivity index (χ2v) is 12.0. The Kier molecular flexibility index (Phi) is 23.8. The van der Waals surface area contributed by atoms with Crippen LogP contribution in [0.2, 0.25) is 0 Å². The van der Waals surface area contributed by atoms with Crippen LogP contribution >= 0.6 is 0 Å². The van der Waals surface area contributed by atoms with E-state index in [1.165, 1.54) is 109 Å². The van der Waals surface area contributed by atoms with E-state index >= 15 is 0 Å². The number of aliphatic hydroxyl groups excluding tert-OH is 2. The summed E-state index contributed by atoms with van der Waals surface area (Å²) in [6, 6.07) is 0. The molecule has 0 amide bonds. The standard InChI is InChI=1S/C35H64O4/c1-3-4-5-6-7-8-9-10-11-12-16-19-22-25-28-33(36)34(37)29-26-23-20-17-14-13-15-18-21-24-27-32-30-31(2)39-35(32)38/h19,22,30-31,33-34,36-37H,3-18,20-21,23-29H2,1-2H3/b22-19-. The molecule has 0 saturated carbocycles. The van der Waals surface area contributed by atoms with Crippen molar-refractivity contribution >= 4 is 5.97 Å². The van der Waals surface area contributed by atoms with Crippen molar-refractivity contribution in [2.24, 2.45) is 0 Å². The van der Waals surface area contributed by atoms with E-state index in [0.29, 0.717) is 12.8 Å². The van der Waals surface area contributed by atoms with Crippen LogP contribution in [0.1, 0.15) is 174 Å². The van der Waals surface area contributed by atoms with Gasteiger partial charge in [-0.05, 0) is 57.9 Å². The molecule has 3 atom stereocenters. The fourth-order valence-corrected chi connectivity index (χ4v) is 5.54. The number of allylic oxidation sites excluding steroid dienone is 2. The first-order valence-corrected chi connectivity index (χ1v) is 17.0. The molecule has 0 aromatic heterocycles. The Labute approximate surface area is 242 Å². The third-order valence-corrected chi connectivity index (χ3v) is 8.15. The molecule has 0 radical (unpaired) electrons. The van der Waals surface area contributed by atoms with Crippen molar-refractivity contribution in [3.63, 3.8) is 0 Å². The summed E-state index contributed by atoms with van der Waals surface area (Å²) >= 11 is 0. The monoisotopic (exact) mass is 548 g/mol. The molecule has 0 aromatic carbocycles. The number of unbranched alkanes of at least 4 members (excludes halogenated alkanes) is 19. The Morgan fingerprint density at radius 2 is 1.13 bits per heavy atom. The molecule has 0 bridgehead atoms. The minimum Gasteiger partial charge on any atom is -0.455 e. The van der Waals surface area contributed by atoms with Crippen molar-refractivity contribution in [1.29, 1.82) is 0 Å². The average Bonchev–Trinajstić information content (AvgIpc) is 3.25. The zero-order valence-electron chi connectivity index (χ0n) is 25.9. The maximum atomic E-state index is 11.6. The highest BCUT2D eigenvalue weighted by Gasteiger charge is 2.21. The van der Waals surface area contributed by atoms with E-state index in [-0.39, 0.29) is 12.1 Å². The number of cyclic esters (lactones) is 1. The van der Waals surface area contributed by atoms with Gasteiger partial charge in [0.15, 0.2) is 0 Å². The predicted octanol–water partition coefficient (Wildman–Crippen LogP) is 9.91. The maximum Gasteiger partial charge on any atom is 0.334 e. The van der Waals surface area contributed by atoms with Gasteiger partial charge in [0.05, 0.1) is 12.2 Å². The Hall–Kier alpha value is -1.13. The zero-order valence-corrected chi connectivity index (χ0v) is 25.9.